The molecule has 0 saturated carbocycles. The van der Waals surface area contributed by atoms with Gasteiger partial charge in [0.15, 0.2) is 0 Å². The number of hydrogen-bond acceptors (Lipinski definition) is 4. The van der Waals surface area contributed by atoms with Crippen LogP contribution in [0, 0.1) is 5.82 Å². The van der Waals surface area contributed by atoms with Crippen molar-refractivity contribution in [2.45, 2.75) is 38.8 Å². The van der Waals surface area contributed by atoms with Crippen molar-refractivity contribution in [3.8, 4) is 0 Å². The first-order valence-corrected chi connectivity index (χ1v) is 9.24. The van der Waals surface area contributed by atoms with Crippen LogP contribution in [0.5, 0.6) is 0 Å². The number of piperidine rings is 1. The van der Waals surface area contributed by atoms with Crippen LogP contribution in [-0.2, 0) is 24.3 Å². The molecule has 24 heavy (non-hydrogen) atoms. The molecule has 1 aromatic carbocycles. The Labute approximate surface area is 145 Å². The van der Waals surface area contributed by atoms with Gasteiger partial charge in [-0.3, -0.25) is 9.69 Å². The third-order valence-electron chi connectivity index (χ3n) is 4.18. The minimum atomic E-state index is -0.296. The van der Waals surface area contributed by atoms with Crippen molar-refractivity contribution in [3.63, 3.8) is 0 Å². The van der Waals surface area contributed by atoms with E-state index >= 15 is 0 Å². The summed E-state index contributed by atoms with van der Waals surface area (Å²) >= 11 is 1.61. The van der Waals surface area contributed by atoms with Gasteiger partial charge >= 0.3 is 0 Å². The highest BCUT2D eigenvalue weighted by molar-refractivity contribution is 7.09. The Morgan fingerprint density at radius 1 is 1.25 bits per heavy atom. The fraction of sp³-hybridized carbons (Fsp3) is 0.444. The Morgan fingerprint density at radius 2 is 2.04 bits per heavy atom. The van der Waals surface area contributed by atoms with Gasteiger partial charge in [0.05, 0.1) is 18.7 Å². The number of rotatable bonds is 6. The molecule has 0 spiro atoms. The quantitative estimate of drug-likeness (QED) is 0.873. The van der Waals surface area contributed by atoms with Crippen molar-refractivity contribution in [1.29, 1.82) is 0 Å². The van der Waals surface area contributed by atoms with Crippen molar-refractivity contribution in [3.05, 3.63) is 51.7 Å². The normalized spacial score (nSPS) is 15.4. The van der Waals surface area contributed by atoms with E-state index in [2.05, 4.69) is 15.2 Å². The summed E-state index contributed by atoms with van der Waals surface area (Å²) in [5.41, 5.74) is 1.29. The number of amides is 1. The number of aromatic nitrogens is 1. The molecular weight excluding hydrogens is 325 g/mol. The van der Waals surface area contributed by atoms with Crippen LogP contribution in [0.15, 0.2) is 29.6 Å². The third kappa shape index (κ3) is 4.85. The maximum atomic E-state index is 13.5. The highest BCUT2D eigenvalue weighted by atomic mass is 32.1. The smallest absolute Gasteiger partial charge is 0.226 e. The summed E-state index contributed by atoms with van der Waals surface area (Å²) in [5.74, 6) is -0.427. The van der Waals surface area contributed by atoms with E-state index in [4.69, 9.17) is 0 Å². The minimum absolute atomic E-state index is 0.131. The van der Waals surface area contributed by atoms with E-state index in [1.165, 1.54) is 25.3 Å². The SMILES string of the molecule is O=C(Cc1csc(CN2CCCCC2)n1)NCc1ccccc1F. The summed E-state index contributed by atoms with van der Waals surface area (Å²) in [7, 11) is 0. The average molecular weight is 347 g/mol. The van der Waals surface area contributed by atoms with Gasteiger partial charge in [0.1, 0.15) is 10.8 Å². The molecular formula is C18H22FN3OS. The fourth-order valence-corrected chi connectivity index (χ4v) is 3.71. The van der Waals surface area contributed by atoms with Crippen molar-refractivity contribution in [2.75, 3.05) is 13.1 Å². The molecule has 6 heteroatoms. The predicted octanol–water partition coefficient (Wildman–Crippen LogP) is 3.13. The molecule has 128 valence electrons. The number of hydrogen-bond donors (Lipinski definition) is 1. The van der Waals surface area contributed by atoms with Gasteiger partial charge in [0.2, 0.25) is 5.91 Å². The van der Waals surface area contributed by atoms with Crippen molar-refractivity contribution in [2.24, 2.45) is 0 Å². The Morgan fingerprint density at radius 3 is 2.83 bits per heavy atom. The highest BCUT2D eigenvalue weighted by Gasteiger charge is 2.13. The monoisotopic (exact) mass is 347 g/mol. The molecule has 1 saturated heterocycles. The first-order chi connectivity index (χ1) is 11.7. The standard InChI is InChI=1S/C18H22FN3OS/c19-16-7-3-2-6-14(16)11-20-17(23)10-15-13-24-18(21-15)12-22-8-4-1-5-9-22/h2-3,6-7,13H,1,4-5,8-12H2,(H,20,23). The number of nitrogens with zero attached hydrogens (tertiary/aromatic N) is 2. The molecule has 1 aromatic heterocycles. The minimum Gasteiger partial charge on any atom is -0.352 e. The number of nitrogens with one attached hydrogen (secondary N) is 1. The lowest BCUT2D eigenvalue weighted by Crippen LogP contribution is -2.29. The molecule has 1 N–H and O–H groups in total. The van der Waals surface area contributed by atoms with Gasteiger partial charge in [-0.05, 0) is 32.0 Å². The van der Waals surface area contributed by atoms with Gasteiger partial charge in [-0.25, -0.2) is 9.37 Å². The van der Waals surface area contributed by atoms with Gasteiger partial charge in [-0.15, -0.1) is 11.3 Å². The Bertz CT molecular complexity index is 682. The molecule has 0 unspecified atom stereocenters. The van der Waals surface area contributed by atoms with Crippen LogP contribution in [0.2, 0.25) is 0 Å². The Hall–Kier alpha value is -1.79. The summed E-state index contributed by atoms with van der Waals surface area (Å²) in [5, 5.41) is 5.76. The van der Waals surface area contributed by atoms with Crippen molar-refractivity contribution >= 4 is 17.2 Å². The summed E-state index contributed by atoms with van der Waals surface area (Å²) in [4.78, 5) is 19.0. The van der Waals surface area contributed by atoms with Gasteiger partial charge in [-0.2, -0.15) is 0 Å². The summed E-state index contributed by atoms with van der Waals surface area (Å²) in [6.07, 6.45) is 4.08. The van der Waals surface area contributed by atoms with E-state index in [1.54, 1.807) is 29.5 Å². The molecule has 4 nitrogen and oxygen atoms in total. The first-order valence-electron chi connectivity index (χ1n) is 8.36. The van der Waals surface area contributed by atoms with Crippen LogP contribution >= 0.6 is 11.3 Å². The molecule has 2 heterocycles. The molecule has 3 rings (SSSR count). The summed E-state index contributed by atoms with van der Waals surface area (Å²) in [6, 6.07) is 6.47. The van der Waals surface area contributed by atoms with Gasteiger partial charge < -0.3 is 5.32 Å². The fourth-order valence-electron chi connectivity index (χ4n) is 2.87. The topological polar surface area (TPSA) is 45.2 Å². The van der Waals surface area contributed by atoms with Crippen LogP contribution in [-0.4, -0.2) is 28.9 Å². The molecule has 0 aliphatic carbocycles. The number of halogens is 1. The van der Waals surface area contributed by atoms with E-state index < -0.39 is 0 Å². The lowest BCUT2D eigenvalue weighted by Gasteiger charge is -2.25. The Kier molecular flexibility index (Phi) is 5.93. The molecule has 2 aromatic rings. The van der Waals surface area contributed by atoms with Crippen LogP contribution in [0.25, 0.3) is 0 Å². The molecule has 1 amide bonds. The second kappa shape index (κ2) is 8.35. The van der Waals surface area contributed by atoms with Crippen molar-refractivity contribution in [1.82, 2.24) is 15.2 Å². The number of carbonyl (C=O) groups excluding carboxylic acids is 1. The average Bonchev–Trinajstić information content (AvgIpc) is 3.02. The van der Waals surface area contributed by atoms with Crippen molar-refractivity contribution < 1.29 is 9.18 Å². The van der Waals surface area contributed by atoms with Crippen LogP contribution < -0.4 is 5.32 Å². The number of thiazole rings is 1. The maximum absolute atomic E-state index is 13.5. The van der Waals surface area contributed by atoms with E-state index in [9.17, 15) is 9.18 Å². The number of carbonyl (C=O) groups is 1. The third-order valence-corrected chi connectivity index (χ3v) is 5.06. The van der Waals surface area contributed by atoms with Gasteiger partial charge in [0, 0.05) is 17.5 Å². The zero-order valence-electron chi connectivity index (χ0n) is 13.6. The van der Waals surface area contributed by atoms with Crippen LogP contribution in [0.4, 0.5) is 4.39 Å². The van der Waals surface area contributed by atoms with E-state index in [-0.39, 0.29) is 24.7 Å². The lowest BCUT2D eigenvalue weighted by atomic mass is 10.1. The maximum Gasteiger partial charge on any atom is 0.226 e. The van der Waals surface area contributed by atoms with Gasteiger partial charge in [0.25, 0.3) is 0 Å². The zero-order valence-corrected chi connectivity index (χ0v) is 14.4. The summed E-state index contributed by atoms with van der Waals surface area (Å²) in [6.45, 7) is 3.36. The van der Waals surface area contributed by atoms with Crippen LogP contribution in [0.1, 0.15) is 35.5 Å². The zero-order chi connectivity index (χ0) is 16.8. The molecule has 0 bridgehead atoms. The summed E-state index contributed by atoms with van der Waals surface area (Å²) < 4.78 is 13.5. The van der Waals surface area contributed by atoms with E-state index in [0.717, 1.165) is 30.3 Å². The number of likely N-dealkylation sites (tertiary alicyclic amines) is 1. The predicted molar refractivity (Wildman–Crippen MR) is 93.2 cm³/mol. The molecule has 1 fully saturated rings. The molecule has 0 radical (unpaired) electrons. The molecule has 1 aliphatic rings. The number of benzene rings is 1. The first kappa shape index (κ1) is 17.0. The van der Waals surface area contributed by atoms with Crippen LogP contribution in [0.3, 0.4) is 0 Å². The second-order valence-electron chi connectivity index (χ2n) is 6.11. The van der Waals surface area contributed by atoms with E-state index in [1.807, 2.05) is 5.38 Å². The molecule has 1 aliphatic heterocycles. The Balaban J connectivity index is 1.47. The second-order valence-corrected chi connectivity index (χ2v) is 7.06. The largest absolute Gasteiger partial charge is 0.352 e. The molecule has 0 atom stereocenters. The van der Waals surface area contributed by atoms with E-state index in [0.29, 0.717) is 5.56 Å². The van der Waals surface area contributed by atoms with Gasteiger partial charge in [-0.1, -0.05) is 24.6 Å². The lowest BCUT2D eigenvalue weighted by molar-refractivity contribution is -0.120. The highest BCUT2D eigenvalue weighted by Crippen LogP contribution is 2.16.